The average molecular weight is 432 g/mol. The van der Waals surface area contributed by atoms with Gasteiger partial charge in [-0.3, -0.25) is 9.38 Å². The largest absolute Gasteiger partial charge is 0.299 e. The van der Waals surface area contributed by atoms with E-state index >= 15 is 0 Å². The quantitative estimate of drug-likeness (QED) is 0.230. The van der Waals surface area contributed by atoms with Gasteiger partial charge in [-0.1, -0.05) is 24.3 Å². The first-order valence-electron chi connectivity index (χ1n) is 10.2. The molecule has 0 aliphatic heterocycles. The Morgan fingerprint density at radius 2 is 1.52 bits per heavy atom. The van der Waals surface area contributed by atoms with Crippen molar-refractivity contribution in [2.24, 2.45) is 0 Å². The van der Waals surface area contributed by atoms with Crippen LogP contribution in [-0.4, -0.2) is 14.4 Å². The minimum absolute atomic E-state index is 0.961. The minimum atomic E-state index is 0.961. The molecule has 0 saturated heterocycles. The second-order valence-corrected chi connectivity index (χ2v) is 10.0. The average Bonchev–Trinajstić information content (AvgIpc) is 3.52. The van der Waals surface area contributed by atoms with Gasteiger partial charge in [-0.05, 0) is 36.4 Å². The van der Waals surface area contributed by atoms with Gasteiger partial charge in [0.1, 0.15) is 5.65 Å². The Morgan fingerprint density at radius 1 is 0.645 bits per heavy atom. The first-order chi connectivity index (χ1) is 15.4. The van der Waals surface area contributed by atoms with Crippen LogP contribution in [0.2, 0.25) is 0 Å². The Labute approximate surface area is 183 Å². The summed E-state index contributed by atoms with van der Waals surface area (Å²) in [4.78, 5) is 9.41. The highest BCUT2D eigenvalue weighted by Crippen LogP contribution is 2.44. The van der Waals surface area contributed by atoms with Crippen LogP contribution in [0.3, 0.4) is 0 Å². The molecule has 0 N–H and O–H groups in total. The molecule has 0 amide bonds. The van der Waals surface area contributed by atoms with Crippen LogP contribution in [-0.2, 0) is 0 Å². The van der Waals surface area contributed by atoms with E-state index in [1.807, 2.05) is 47.3 Å². The van der Waals surface area contributed by atoms with Crippen molar-refractivity contribution in [3.63, 3.8) is 0 Å². The number of hydrogen-bond donors (Lipinski definition) is 0. The molecule has 5 heterocycles. The fourth-order valence-electron chi connectivity index (χ4n) is 4.96. The van der Waals surface area contributed by atoms with Gasteiger partial charge >= 0.3 is 0 Å². The summed E-state index contributed by atoms with van der Waals surface area (Å²) in [6.07, 6.45) is 5.80. The van der Waals surface area contributed by atoms with Gasteiger partial charge in [0.25, 0.3) is 0 Å². The summed E-state index contributed by atoms with van der Waals surface area (Å²) >= 11 is 3.75. The number of hydrogen-bond acceptors (Lipinski definition) is 4. The number of aromatic nitrogens is 3. The lowest BCUT2D eigenvalue weighted by Gasteiger charge is -2.08. The number of fused-ring (bicyclic) bond motifs is 13. The fraction of sp³-hybridized carbons (Fsp3) is 0. The topological polar surface area (TPSA) is 30.2 Å². The third-order valence-electron chi connectivity index (χ3n) is 6.30. The van der Waals surface area contributed by atoms with Gasteiger partial charge in [0.2, 0.25) is 0 Å². The third kappa shape index (κ3) is 1.98. The van der Waals surface area contributed by atoms with Crippen LogP contribution >= 0.6 is 22.7 Å². The summed E-state index contributed by atoms with van der Waals surface area (Å²) in [6.45, 7) is 0. The molecule has 8 rings (SSSR count). The highest BCUT2D eigenvalue weighted by atomic mass is 32.1. The van der Waals surface area contributed by atoms with Crippen LogP contribution in [0.15, 0.2) is 79.3 Å². The second-order valence-electron chi connectivity index (χ2n) is 7.90. The molecular weight excluding hydrogens is 418 g/mol. The molecule has 0 unspecified atom stereocenters. The van der Waals surface area contributed by atoms with Gasteiger partial charge in [-0.25, -0.2) is 4.98 Å². The lowest BCUT2D eigenvalue weighted by molar-refractivity contribution is 1.27. The van der Waals surface area contributed by atoms with Crippen molar-refractivity contribution in [2.45, 2.75) is 0 Å². The zero-order chi connectivity index (χ0) is 20.1. The maximum absolute atomic E-state index is 4.80. The minimum Gasteiger partial charge on any atom is -0.299 e. The highest BCUT2D eigenvalue weighted by Gasteiger charge is 2.17. The van der Waals surface area contributed by atoms with Crippen molar-refractivity contribution < 1.29 is 0 Å². The standard InChI is InChI=1S/C26H13N3S2/c1-2-6-20-14(4-1)17-12-18-15-7-8-19-23(25(15)31-22(18)13-21(17)30-20)24-16(5-3-9-27-24)26-28-10-11-29(19)26/h1-13H. The van der Waals surface area contributed by atoms with E-state index in [0.29, 0.717) is 0 Å². The van der Waals surface area contributed by atoms with Gasteiger partial charge in [0, 0.05) is 69.7 Å². The molecule has 0 aliphatic carbocycles. The van der Waals surface area contributed by atoms with E-state index in [-0.39, 0.29) is 0 Å². The number of thiophene rings is 2. The maximum Gasteiger partial charge on any atom is 0.146 e. The molecule has 0 fully saturated rings. The molecule has 8 aromatic rings. The SMILES string of the molecule is c1ccc2c(c1)sc1cc3sc4c(ccc5c4c4ncccc4c4nccn54)c3cc12. The van der Waals surface area contributed by atoms with E-state index in [2.05, 4.69) is 64.0 Å². The summed E-state index contributed by atoms with van der Waals surface area (Å²) in [5, 5.41) is 7.63. The first-order valence-corrected chi connectivity index (χ1v) is 11.8. The fourth-order valence-corrected chi connectivity index (χ4v) is 7.43. The molecule has 31 heavy (non-hydrogen) atoms. The van der Waals surface area contributed by atoms with E-state index < -0.39 is 0 Å². The predicted molar refractivity (Wildman–Crippen MR) is 134 cm³/mol. The molecule has 0 radical (unpaired) electrons. The van der Waals surface area contributed by atoms with E-state index in [1.54, 1.807) is 0 Å². The van der Waals surface area contributed by atoms with E-state index in [0.717, 1.165) is 22.1 Å². The normalized spacial score (nSPS) is 12.5. The summed E-state index contributed by atoms with van der Waals surface area (Å²) in [5.74, 6) is 0. The summed E-state index contributed by atoms with van der Waals surface area (Å²) < 4.78 is 7.52. The van der Waals surface area contributed by atoms with Gasteiger partial charge in [0.05, 0.1) is 11.0 Å². The molecule has 0 spiro atoms. The van der Waals surface area contributed by atoms with E-state index in [1.165, 1.54) is 45.7 Å². The van der Waals surface area contributed by atoms with Crippen LogP contribution in [0, 0.1) is 0 Å². The van der Waals surface area contributed by atoms with Gasteiger partial charge in [-0.2, -0.15) is 0 Å². The zero-order valence-corrected chi connectivity index (χ0v) is 17.8. The third-order valence-corrected chi connectivity index (χ3v) is 8.62. The highest BCUT2D eigenvalue weighted by molar-refractivity contribution is 7.28. The second kappa shape index (κ2) is 5.58. The van der Waals surface area contributed by atoms with Crippen LogP contribution < -0.4 is 0 Å². The predicted octanol–water partition coefficient (Wildman–Crippen LogP) is 7.77. The van der Waals surface area contributed by atoms with E-state index in [4.69, 9.17) is 4.98 Å². The Balaban J connectivity index is 1.62. The van der Waals surface area contributed by atoms with Crippen LogP contribution in [0.5, 0.6) is 0 Å². The van der Waals surface area contributed by atoms with Crippen molar-refractivity contribution in [2.75, 3.05) is 0 Å². The molecule has 5 aromatic heterocycles. The number of imidazole rings is 1. The lowest BCUT2D eigenvalue weighted by Crippen LogP contribution is -1.92. The van der Waals surface area contributed by atoms with Crippen LogP contribution in [0.1, 0.15) is 0 Å². The molecule has 144 valence electrons. The molecule has 0 saturated carbocycles. The lowest BCUT2D eigenvalue weighted by atomic mass is 10.0. The number of benzene rings is 3. The number of nitrogens with zero attached hydrogens (tertiary/aromatic N) is 3. The molecule has 5 heteroatoms. The molecule has 3 nitrogen and oxygen atoms in total. The molecule has 0 bridgehead atoms. The van der Waals surface area contributed by atoms with Crippen molar-refractivity contribution in [3.8, 4) is 0 Å². The maximum atomic E-state index is 4.80. The number of rotatable bonds is 0. The van der Waals surface area contributed by atoms with Crippen molar-refractivity contribution >= 4 is 90.5 Å². The molecule has 0 aliphatic rings. The smallest absolute Gasteiger partial charge is 0.146 e. The van der Waals surface area contributed by atoms with Gasteiger partial charge in [0.15, 0.2) is 0 Å². The molecule has 0 atom stereocenters. The Kier molecular flexibility index (Phi) is 2.91. The van der Waals surface area contributed by atoms with Crippen molar-refractivity contribution in [1.29, 1.82) is 0 Å². The Hall–Kier alpha value is -3.54. The van der Waals surface area contributed by atoms with Gasteiger partial charge < -0.3 is 0 Å². The van der Waals surface area contributed by atoms with Gasteiger partial charge in [-0.15, -0.1) is 22.7 Å². The monoisotopic (exact) mass is 431 g/mol. The summed E-state index contributed by atoms with van der Waals surface area (Å²) in [6, 6.07) is 22.1. The van der Waals surface area contributed by atoms with Crippen LogP contribution in [0.25, 0.3) is 67.8 Å². The zero-order valence-electron chi connectivity index (χ0n) is 16.2. The summed E-state index contributed by atoms with van der Waals surface area (Å²) in [5.41, 5.74) is 3.15. The number of pyridine rings is 2. The molecular formula is C26H13N3S2. The molecule has 3 aromatic carbocycles. The van der Waals surface area contributed by atoms with Crippen molar-refractivity contribution in [1.82, 2.24) is 14.4 Å². The first kappa shape index (κ1) is 16.2. The van der Waals surface area contributed by atoms with Crippen molar-refractivity contribution in [3.05, 3.63) is 79.3 Å². The summed E-state index contributed by atoms with van der Waals surface area (Å²) in [7, 11) is 0. The Morgan fingerprint density at radius 3 is 2.52 bits per heavy atom. The van der Waals surface area contributed by atoms with E-state index in [9.17, 15) is 0 Å². The van der Waals surface area contributed by atoms with Crippen LogP contribution in [0.4, 0.5) is 0 Å². The Bertz CT molecular complexity index is 2010.